The SMILES string of the molecule is CC(NC(=O)c1ccc(N)c(Cl)c1)c1ccc(Cl)s1. The van der Waals surface area contributed by atoms with Gasteiger partial charge in [-0.1, -0.05) is 23.2 Å². The van der Waals surface area contributed by atoms with Crippen LogP contribution in [0.5, 0.6) is 0 Å². The maximum atomic E-state index is 12.1. The molecule has 1 aromatic heterocycles. The van der Waals surface area contributed by atoms with Crippen LogP contribution in [-0.4, -0.2) is 5.91 Å². The van der Waals surface area contributed by atoms with Gasteiger partial charge in [-0.05, 0) is 37.3 Å². The molecule has 0 aliphatic heterocycles. The minimum Gasteiger partial charge on any atom is -0.398 e. The van der Waals surface area contributed by atoms with Crippen molar-refractivity contribution in [1.29, 1.82) is 0 Å². The topological polar surface area (TPSA) is 55.1 Å². The molecule has 0 saturated carbocycles. The number of nitrogen functional groups attached to an aromatic ring is 1. The molecule has 0 aliphatic carbocycles. The lowest BCUT2D eigenvalue weighted by Gasteiger charge is -2.12. The Labute approximate surface area is 125 Å². The van der Waals surface area contributed by atoms with Gasteiger partial charge in [-0.3, -0.25) is 4.79 Å². The summed E-state index contributed by atoms with van der Waals surface area (Å²) in [6.07, 6.45) is 0. The molecule has 0 radical (unpaired) electrons. The lowest BCUT2D eigenvalue weighted by atomic mass is 10.1. The Morgan fingerprint density at radius 2 is 2.05 bits per heavy atom. The van der Waals surface area contributed by atoms with Crippen LogP contribution in [0, 0.1) is 0 Å². The van der Waals surface area contributed by atoms with Crippen LogP contribution in [0.2, 0.25) is 9.36 Å². The largest absolute Gasteiger partial charge is 0.398 e. The summed E-state index contributed by atoms with van der Waals surface area (Å²) in [5.41, 5.74) is 6.54. The Kier molecular flexibility index (Phi) is 4.34. The first-order valence-corrected chi connectivity index (χ1v) is 7.15. The molecule has 19 heavy (non-hydrogen) atoms. The average Bonchev–Trinajstić information content (AvgIpc) is 2.79. The van der Waals surface area contributed by atoms with E-state index in [4.69, 9.17) is 28.9 Å². The van der Waals surface area contributed by atoms with Crippen molar-refractivity contribution in [3.63, 3.8) is 0 Å². The molecule has 3 N–H and O–H groups in total. The second-order valence-electron chi connectivity index (χ2n) is 4.07. The Hall–Kier alpha value is -1.23. The number of hydrogen-bond donors (Lipinski definition) is 2. The van der Waals surface area contributed by atoms with Gasteiger partial charge in [-0.15, -0.1) is 11.3 Å². The predicted octanol–water partition coefficient (Wildman–Crippen LogP) is 4.13. The van der Waals surface area contributed by atoms with Crippen LogP contribution in [0.3, 0.4) is 0 Å². The fourth-order valence-electron chi connectivity index (χ4n) is 1.58. The van der Waals surface area contributed by atoms with E-state index in [1.165, 1.54) is 11.3 Å². The van der Waals surface area contributed by atoms with Crippen molar-refractivity contribution < 1.29 is 4.79 Å². The molecule has 0 aliphatic rings. The van der Waals surface area contributed by atoms with Crippen LogP contribution in [-0.2, 0) is 0 Å². The van der Waals surface area contributed by atoms with Crippen molar-refractivity contribution in [2.45, 2.75) is 13.0 Å². The third kappa shape index (κ3) is 3.41. The lowest BCUT2D eigenvalue weighted by Crippen LogP contribution is -2.26. The summed E-state index contributed by atoms with van der Waals surface area (Å²) in [6.45, 7) is 1.90. The number of anilines is 1. The number of amides is 1. The molecule has 2 aromatic rings. The van der Waals surface area contributed by atoms with E-state index in [0.717, 1.165) is 4.88 Å². The molecule has 1 heterocycles. The smallest absolute Gasteiger partial charge is 0.251 e. The van der Waals surface area contributed by atoms with Gasteiger partial charge in [0, 0.05) is 10.4 Å². The molecule has 0 spiro atoms. The second kappa shape index (κ2) is 5.82. The van der Waals surface area contributed by atoms with Crippen molar-refractivity contribution in [2.24, 2.45) is 0 Å². The zero-order chi connectivity index (χ0) is 14.0. The quantitative estimate of drug-likeness (QED) is 0.837. The monoisotopic (exact) mass is 314 g/mol. The number of hydrogen-bond acceptors (Lipinski definition) is 3. The first-order chi connectivity index (χ1) is 8.97. The zero-order valence-electron chi connectivity index (χ0n) is 10.1. The molecule has 0 saturated heterocycles. The van der Waals surface area contributed by atoms with Crippen LogP contribution in [0.4, 0.5) is 5.69 Å². The first-order valence-electron chi connectivity index (χ1n) is 5.58. The fourth-order valence-corrected chi connectivity index (χ4v) is 2.82. The van der Waals surface area contributed by atoms with Crippen molar-refractivity contribution in [1.82, 2.24) is 5.32 Å². The van der Waals surface area contributed by atoms with Crippen LogP contribution in [0.15, 0.2) is 30.3 Å². The molecule has 6 heteroatoms. The number of halogens is 2. The highest BCUT2D eigenvalue weighted by Crippen LogP contribution is 2.27. The molecule has 100 valence electrons. The number of nitrogens with two attached hydrogens (primary N) is 1. The molecule has 1 aromatic carbocycles. The molecule has 1 unspecified atom stereocenters. The second-order valence-corrected chi connectivity index (χ2v) is 6.23. The van der Waals surface area contributed by atoms with E-state index in [1.54, 1.807) is 18.2 Å². The Balaban J connectivity index is 2.10. The van der Waals surface area contributed by atoms with Gasteiger partial charge in [-0.2, -0.15) is 0 Å². The van der Waals surface area contributed by atoms with Crippen molar-refractivity contribution in [3.8, 4) is 0 Å². The fraction of sp³-hybridized carbons (Fsp3) is 0.154. The van der Waals surface area contributed by atoms with E-state index in [2.05, 4.69) is 5.32 Å². The Morgan fingerprint density at radius 3 is 2.63 bits per heavy atom. The van der Waals surface area contributed by atoms with E-state index >= 15 is 0 Å². The maximum absolute atomic E-state index is 12.1. The van der Waals surface area contributed by atoms with Crippen molar-refractivity contribution >= 4 is 46.1 Å². The minimum atomic E-state index is -0.195. The first kappa shape index (κ1) is 14.2. The molecule has 0 fully saturated rings. The van der Waals surface area contributed by atoms with Gasteiger partial charge in [0.05, 0.1) is 21.1 Å². The van der Waals surface area contributed by atoms with E-state index in [1.807, 2.05) is 19.1 Å². The van der Waals surface area contributed by atoms with Crippen LogP contribution < -0.4 is 11.1 Å². The Bertz CT molecular complexity index is 612. The van der Waals surface area contributed by atoms with Gasteiger partial charge < -0.3 is 11.1 Å². The molecule has 3 nitrogen and oxygen atoms in total. The summed E-state index contributed by atoms with van der Waals surface area (Å²) in [6, 6.07) is 8.41. The molecule has 1 atom stereocenters. The lowest BCUT2D eigenvalue weighted by molar-refractivity contribution is 0.0940. The van der Waals surface area contributed by atoms with Crippen molar-refractivity contribution in [2.75, 3.05) is 5.73 Å². The molecule has 0 bridgehead atoms. The zero-order valence-corrected chi connectivity index (χ0v) is 12.4. The number of carbonyl (C=O) groups excluding carboxylic acids is 1. The van der Waals surface area contributed by atoms with Gasteiger partial charge >= 0.3 is 0 Å². The van der Waals surface area contributed by atoms with Crippen molar-refractivity contribution in [3.05, 3.63) is 50.1 Å². The van der Waals surface area contributed by atoms with Gasteiger partial charge in [-0.25, -0.2) is 0 Å². The average molecular weight is 315 g/mol. The van der Waals surface area contributed by atoms with E-state index in [0.29, 0.717) is 20.6 Å². The van der Waals surface area contributed by atoms with E-state index in [9.17, 15) is 4.79 Å². The van der Waals surface area contributed by atoms with Crippen LogP contribution in [0.1, 0.15) is 28.2 Å². The summed E-state index contributed by atoms with van der Waals surface area (Å²) in [5.74, 6) is -0.195. The van der Waals surface area contributed by atoms with Crippen LogP contribution in [0.25, 0.3) is 0 Å². The van der Waals surface area contributed by atoms with E-state index < -0.39 is 0 Å². The summed E-state index contributed by atoms with van der Waals surface area (Å²) in [5, 5.41) is 3.26. The van der Waals surface area contributed by atoms with Gasteiger partial charge in [0.2, 0.25) is 0 Å². The van der Waals surface area contributed by atoms with Gasteiger partial charge in [0.25, 0.3) is 5.91 Å². The number of nitrogens with one attached hydrogen (secondary N) is 1. The molecular formula is C13H12Cl2N2OS. The summed E-state index contributed by atoms with van der Waals surface area (Å²) < 4.78 is 0.701. The highest BCUT2D eigenvalue weighted by atomic mass is 35.5. The number of thiophene rings is 1. The normalized spacial score (nSPS) is 12.2. The summed E-state index contributed by atoms with van der Waals surface area (Å²) >= 11 is 13.2. The third-order valence-corrected chi connectivity index (χ3v) is 4.37. The van der Waals surface area contributed by atoms with Gasteiger partial charge in [0.15, 0.2) is 0 Å². The predicted molar refractivity (Wildman–Crippen MR) is 81.1 cm³/mol. The highest BCUT2D eigenvalue weighted by molar-refractivity contribution is 7.16. The standard InChI is InChI=1S/C13H12Cl2N2OS/c1-7(11-4-5-12(15)19-11)17-13(18)8-2-3-10(16)9(14)6-8/h2-7H,16H2,1H3,(H,17,18). The Morgan fingerprint density at radius 1 is 1.32 bits per heavy atom. The molecular weight excluding hydrogens is 303 g/mol. The number of benzene rings is 1. The number of rotatable bonds is 3. The van der Waals surface area contributed by atoms with E-state index in [-0.39, 0.29) is 11.9 Å². The number of carbonyl (C=O) groups is 1. The summed E-state index contributed by atoms with van der Waals surface area (Å²) in [7, 11) is 0. The molecule has 2 rings (SSSR count). The maximum Gasteiger partial charge on any atom is 0.251 e. The molecule has 1 amide bonds. The third-order valence-electron chi connectivity index (χ3n) is 2.63. The summed E-state index contributed by atoms with van der Waals surface area (Å²) in [4.78, 5) is 13.1. The van der Waals surface area contributed by atoms with Gasteiger partial charge in [0.1, 0.15) is 0 Å². The minimum absolute atomic E-state index is 0.110. The highest BCUT2D eigenvalue weighted by Gasteiger charge is 2.13. The van der Waals surface area contributed by atoms with Crippen LogP contribution >= 0.6 is 34.5 Å².